The van der Waals surface area contributed by atoms with Gasteiger partial charge in [-0.05, 0) is 12.3 Å². The van der Waals surface area contributed by atoms with Crippen molar-refractivity contribution in [3.63, 3.8) is 0 Å². The molecule has 0 saturated carbocycles. The van der Waals surface area contributed by atoms with E-state index in [4.69, 9.17) is 4.74 Å². The molecule has 3 nitrogen and oxygen atoms in total. The van der Waals surface area contributed by atoms with Crippen molar-refractivity contribution in [2.75, 3.05) is 6.61 Å². The van der Waals surface area contributed by atoms with E-state index in [0.29, 0.717) is 12.3 Å². The van der Waals surface area contributed by atoms with Crippen LogP contribution < -0.4 is 0 Å². The number of nitrogens with zero attached hydrogens (tertiary/aromatic N) is 1. The van der Waals surface area contributed by atoms with E-state index in [2.05, 4.69) is 25.8 Å². The fourth-order valence-electron chi connectivity index (χ4n) is 1.33. The first kappa shape index (κ1) is 12.3. The number of ether oxygens (including phenoxy) is 1. The minimum atomic E-state index is -0.0406. The number of carbonyl (C=O) groups is 1. The van der Waals surface area contributed by atoms with E-state index >= 15 is 0 Å². The normalized spacial score (nSPS) is 13.9. The van der Waals surface area contributed by atoms with Crippen molar-refractivity contribution >= 4 is 17.6 Å². The van der Waals surface area contributed by atoms with Gasteiger partial charge in [0.25, 0.3) is 0 Å². The van der Waals surface area contributed by atoms with E-state index in [1.807, 2.05) is 6.92 Å². The summed E-state index contributed by atoms with van der Waals surface area (Å²) in [4.78, 5) is 14.8. The topological polar surface area (TPSA) is 39.2 Å². The van der Waals surface area contributed by atoms with Crippen LogP contribution in [-0.4, -0.2) is 17.9 Å². The Bertz CT molecular complexity index is 328. The maximum atomic E-state index is 10.6. The first-order valence-electron chi connectivity index (χ1n) is 5.01. The van der Waals surface area contributed by atoms with Crippen molar-refractivity contribution < 1.29 is 9.53 Å². The molecule has 1 heterocycles. The standard InChI is InChI=1S/C11H17NO2S/c1-5-14-9(11(2,3)4)10-12-8(6-13)7-15-10/h6-7,9H,5H2,1-4H3. The van der Waals surface area contributed by atoms with Crippen LogP contribution in [0.4, 0.5) is 0 Å². The molecule has 0 bridgehead atoms. The van der Waals surface area contributed by atoms with E-state index in [1.54, 1.807) is 5.38 Å². The third kappa shape index (κ3) is 3.11. The molecule has 0 fully saturated rings. The highest BCUT2D eigenvalue weighted by Gasteiger charge is 2.29. The largest absolute Gasteiger partial charge is 0.371 e. The molecule has 0 aliphatic heterocycles. The van der Waals surface area contributed by atoms with Crippen LogP contribution in [-0.2, 0) is 4.74 Å². The third-order valence-corrected chi connectivity index (χ3v) is 2.91. The Morgan fingerprint density at radius 3 is 2.67 bits per heavy atom. The van der Waals surface area contributed by atoms with Crippen molar-refractivity contribution in [2.45, 2.75) is 33.8 Å². The highest BCUT2D eigenvalue weighted by molar-refractivity contribution is 7.09. The van der Waals surface area contributed by atoms with Crippen LogP contribution >= 0.6 is 11.3 Å². The Morgan fingerprint density at radius 2 is 2.27 bits per heavy atom. The van der Waals surface area contributed by atoms with Crippen molar-refractivity contribution in [3.05, 3.63) is 16.1 Å². The lowest BCUT2D eigenvalue weighted by molar-refractivity contribution is -0.0134. The van der Waals surface area contributed by atoms with Crippen LogP contribution in [0.3, 0.4) is 0 Å². The minimum Gasteiger partial charge on any atom is -0.371 e. The molecule has 0 aromatic carbocycles. The second kappa shape index (κ2) is 4.86. The maximum Gasteiger partial charge on any atom is 0.169 e. The van der Waals surface area contributed by atoms with Crippen LogP contribution in [0, 0.1) is 5.41 Å². The Kier molecular flexibility index (Phi) is 3.99. The second-order valence-corrected chi connectivity index (χ2v) is 5.32. The van der Waals surface area contributed by atoms with Gasteiger partial charge in [-0.3, -0.25) is 4.79 Å². The number of rotatable bonds is 4. The van der Waals surface area contributed by atoms with Crippen LogP contribution in [0.2, 0.25) is 0 Å². The molecule has 0 radical (unpaired) electrons. The number of aromatic nitrogens is 1. The molecular weight excluding hydrogens is 210 g/mol. The Balaban J connectivity index is 2.93. The van der Waals surface area contributed by atoms with Gasteiger partial charge in [0.1, 0.15) is 16.8 Å². The molecule has 0 saturated heterocycles. The average molecular weight is 227 g/mol. The van der Waals surface area contributed by atoms with Gasteiger partial charge >= 0.3 is 0 Å². The summed E-state index contributed by atoms with van der Waals surface area (Å²) in [6.45, 7) is 8.94. The molecule has 0 N–H and O–H groups in total. The second-order valence-electron chi connectivity index (χ2n) is 4.43. The molecule has 1 aromatic rings. The van der Waals surface area contributed by atoms with Crippen molar-refractivity contribution in [3.8, 4) is 0 Å². The highest BCUT2D eigenvalue weighted by atomic mass is 32.1. The summed E-state index contributed by atoms with van der Waals surface area (Å²) in [6.07, 6.45) is 0.729. The van der Waals surface area contributed by atoms with Crippen LogP contribution in [0.15, 0.2) is 5.38 Å². The zero-order valence-electron chi connectivity index (χ0n) is 9.61. The van der Waals surface area contributed by atoms with Crippen LogP contribution in [0.25, 0.3) is 0 Å². The van der Waals surface area contributed by atoms with Crippen molar-refractivity contribution in [2.24, 2.45) is 5.41 Å². The SMILES string of the molecule is CCOC(c1nc(C=O)cs1)C(C)(C)C. The van der Waals surface area contributed by atoms with E-state index < -0.39 is 0 Å². The molecule has 15 heavy (non-hydrogen) atoms. The number of hydrogen-bond acceptors (Lipinski definition) is 4. The summed E-state index contributed by atoms with van der Waals surface area (Å²) < 4.78 is 5.68. The summed E-state index contributed by atoms with van der Waals surface area (Å²) in [5.41, 5.74) is 0.484. The lowest BCUT2D eigenvalue weighted by atomic mass is 9.89. The molecule has 0 spiro atoms. The first-order valence-corrected chi connectivity index (χ1v) is 5.89. The number of carbonyl (C=O) groups excluding carboxylic acids is 1. The van der Waals surface area contributed by atoms with E-state index in [0.717, 1.165) is 11.3 Å². The molecule has 1 unspecified atom stereocenters. The molecule has 0 aliphatic rings. The van der Waals surface area contributed by atoms with Gasteiger partial charge < -0.3 is 4.74 Å². The van der Waals surface area contributed by atoms with Crippen LogP contribution in [0.5, 0.6) is 0 Å². The fraction of sp³-hybridized carbons (Fsp3) is 0.636. The third-order valence-electron chi connectivity index (χ3n) is 2.00. The molecular formula is C11H17NO2S. The highest BCUT2D eigenvalue weighted by Crippen LogP contribution is 2.37. The number of aldehydes is 1. The Hall–Kier alpha value is -0.740. The predicted molar refractivity (Wildman–Crippen MR) is 61.3 cm³/mol. The smallest absolute Gasteiger partial charge is 0.169 e. The van der Waals surface area contributed by atoms with Gasteiger partial charge in [-0.2, -0.15) is 0 Å². The molecule has 1 atom stereocenters. The van der Waals surface area contributed by atoms with Crippen LogP contribution in [0.1, 0.15) is 49.3 Å². The Morgan fingerprint density at radius 1 is 1.60 bits per heavy atom. The lowest BCUT2D eigenvalue weighted by Gasteiger charge is -2.28. The molecule has 4 heteroatoms. The van der Waals surface area contributed by atoms with Crippen molar-refractivity contribution in [1.82, 2.24) is 4.98 Å². The predicted octanol–water partition coefficient (Wildman–Crippen LogP) is 3.08. The quantitative estimate of drug-likeness (QED) is 0.742. The number of hydrogen-bond donors (Lipinski definition) is 0. The zero-order chi connectivity index (χ0) is 11.5. The van der Waals surface area contributed by atoms with Gasteiger partial charge in [0.15, 0.2) is 6.29 Å². The number of thiazole rings is 1. The fourth-order valence-corrected chi connectivity index (χ4v) is 2.39. The summed E-state index contributed by atoms with van der Waals surface area (Å²) in [7, 11) is 0. The average Bonchev–Trinajstić information content (AvgIpc) is 2.60. The summed E-state index contributed by atoms with van der Waals surface area (Å²) >= 11 is 1.48. The maximum absolute atomic E-state index is 10.6. The lowest BCUT2D eigenvalue weighted by Crippen LogP contribution is -2.21. The van der Waals surface area contributed by atoms with Gasteiger partial charge in [0, 0.05) is 12.0 Å². The minimum absolute atomic E-state index is 0.00593. The first-order chi connectivity index (χ1) is 6.99. The van der Waals surface area contributed by atoms with E-state index in [1.165, 1.54) is 11.3 Å². The van der Waals surface area contributed by atoms with E-state index in [9.17, 15) is 4.79 Å². The van der Waals surface area contributed by atoms with Gasteiger partial charge in [-0.25, -0.2) is 4.98 Å². The van der Waals surface area contributed by atoms with Crippen molar-refractivity contribution in [1.29, 1.82) is 0 Å². The monoisotopic (exact) mass is 227 g/mol. The zero-order valence-corrected chi connectivity index (χ0v) is 10.4. The van der Waals surface area contributed by atoms with E-state index in [-0.39, 0.29) is 11.5 Å². The summed E-state index contributed by atoms with van der Waals surface area (Å²) in [5.74, 6) is 0. The Labute approximate surface area is 94.5 Å². The van der Waals surface area contributed by atoms with Gasteiger partial charge in [0.05, 0.1) is 0 Å². The molecule has 0 aliphatic carbocycles. The van der Waals surface area contributed by atoms with Gasteiger partial charge in [-0.1, -0.05) is 20.8 Å². The summed E-state index contributed by atoms with van der Waals surface area (Å²) in [6, 6.07) is 0. The molecule has 0 amide bonds. The van der Waals surface area contributed by atoms with Gasteiger partial charge in [0.2, 0.25) is 0 Å². The summed E-state index contributed by atoms with van der Waals surface area (Å²) in [5, 5.41) is 2.64. The molecule has 1 rings (SSSR count). The molecule has 84 valence electrons. The molecule has 1 aromatic heterocycles. The van der Waals surface area contributed by atoms with Gasteiger partial charge in [-0.15, -0.1) is 11.3 Å².